The lowest BCUT2D eigenvalue weighted by atomic mass is 10.0. The maximum absolute atomic E-state index is 4.50. The van der Waals surface area contributed by atoms with Crippen LogP contribution in [0.5, 0.6) is 0 Å². The van der Waals surface area contributed by atoms with E-state index in [1.807, 2.05) is 0 Å². The van der Waals surface area contributed by atoms with Crippen molar-refractivity contribution in [2.45, 2.75) is 59.2 Å². The zero-order chi connectivity index (χ0) is 13.7. The summed E-state index contributed by atoms with van der Waals surface area (Å²) in [6, 6.07) is 2.87. The van der Waals surface area contributed by atoms with Gasteiger partial charge in [0.15, 0.2) is 0 Å². The minimum atomic E-state index is 0.675. The fraction of sp³-hybridized carbons (Fsp3) is 0.800. The van der Waals surface area contributed by atoms with Crippen molar-refractivity contribution in [3.05, 3.63) is 17.5 Å². The van der Waals surface area contributed by atoms with Crippen LogP contribution in [0.3, 0.4) is 0 Å². The van der Waals surface area contributed by atoms with Gasteiger partial charge < -0.3 is 10.2 Å². The normalized spacial score (nSPS) is 18.1. The molecular formula is C15H28N4. The summed E-state index contributed by atoms with van der Waals surface area (Å²) in [6.07, 6.45) is 3.82. The monoisotopic (exact) mass is 264 g/mol. The number of hydrogen-bond acceptors (Lipinski definition) is 3. The first-order valence-electron chi connectivity index (χ1n) is 7.72. The topological polar surface area (TPSA) is 33.1 Å². The Hall–Kier alpha value is -0.870. The number of aromatic nitrogens is 2. The Kier molecular flexibility index (Phi) is 5.40. The Labute approximate surface area is 117 Å². The van der Waals surface area contributed by atoms with Gasteiger partial charge in [-0.3, -0.25) is 4.68 Å². The highest BCUT2D eigenvalue weighted by molar-refractivity contribution is 5.08. The third-order valence-corrected chi connectivity index (χ3v) is 3.98. The molecule has 19 heavy (non-hydrogen) atoms. The second kappa shape index (κ2) is 7.06. The van der Waals surface area contributed by atoms with Crippen LogP contribution in [0.25, 0.3) is 0 Å². The van der Waals surface area contributed by atoms with Crippen molar-refractivity contribution in [1.82, 2.24) is 20.0 Å². The molecule has 0 radical (unpaired) electrons. The summed E-state index contributed by atoms with van der Waals surface area (Å²) in [4.78, 5) is 2.58. The smallest absolute Gasteiger partial charge is 0.0597 e. The number of nitrogens with zero attached hydrogens (tertiary/aromatic N) is 3. The van der Waals surface area contributed by atoms with Crippen molar-refractivity contribution in [2.75, 3.05) is 19.6 Å². The standard InChI is InChI=1S/C15H28N4/c1-4-8-18-9-6-14(7-10-18)16-12-15-11-13(3)17-19(15)5-2/h11,14,16H,4-10,12H2,1-3H3. The first kappa shape index (κ1) is 14.5. The van der Waals surface area contributed by atoms with Crippen LogP contribution in [0.1, 0.15) is 44.5 Å². The average Bonchev–Trinajstić information content (AvgIpc) is 2.79. The van der Waals surface area contributed by atoms with Gasteiger partial charge in [0.1, 0.15) is 0 Å². The van der Waals surface area contributed by atoms with Crippen LogP contribution in [-0.2, 0) is 13.1 Å². The van der Waals surface area contributed by atoms with Crippen molar-refractivity contribution >= 4 is 0 Å². The van der Waals surface area contributed by atoms with E-state index >= 15 is 0 Å². The van der Waals surface area contributed by atoms with Crippen molar-refractivity contribution in [3.63, 3.8) is 0 Å². The molecule has 1 fully saturated rings. The molecule has 108 valence electrons. The van der Waals surface area contributed by atoms with Crippen LogP contribution in [0.4, 0.5) is 0 Å². The third-order valence-electron chi connectivity index (χ3n) is 3.98. The first-order valence-corrected chi connectivity index (χ1v) is 7.72. The fourth-order valence-electron chi connectivity index (χ4n) is 2.94. The molecular weight excluding hydrogens is 236 g/mol. The molecule has 1 aliphatic rings. The lowest BCUT2D eigenvalue weighted by Gasteiger charge is -2.32. The van der Waals surface area contributed by atoms with Crippen LogP contribution < -0.4 is 5.32 Å². The largest absolute Gasteiger partial charge is 0.308 e. The molecule has 0 saturated carbocycles. The van der Waals surface area contributed by atoms with Crippen LogP contribution in [-0.4, -0.2) is 40.4 Å². The molecule has 1 aliphatic heterocycles. The highest BCUT2D eigenvalue weighted by Gasteiger charge is 2.18. The Bertz CT molecular complexity index is 377. The Morgan fingerprint density at radius 1 is 1.32 bits per heavy atom. The third kappa shape index (κ3) is 4.05. The van der Waals surface area contributed by atoms with Crippen LogP contribution in [0.15, 0.2) is 6.07 Å². The Balaban J connectivity index is 1.77. The molecule has 4 heteroatoms. The molecule has 0 unspecified atom stereocenters. The molecule has 1 aromatic heterocycles. The van der Waals surface area contributed by atoms with E-state index in [1.54, 1.807) is 0 Å². The molecule has 0 amide bonds. The predicted octanol–water partition coefficient (Wildman–Crippen LogP) is 2.18. The van der Waals surface area contributed by atoms with E-state index in [4.69, 9.17) is 0 Å². The molecule has 4 nitrogen and oxygen atoms in total. The molecule has 1 N–H and O–H groups in total. The molecule has 0 aromatic carbocycles. The zero-order valence-corrected chi connectivity index (χ0v) is 12.7. The molecule has 0 atom stereocenters. The van der Waals surface area contributed by atoms with Crippen molar-refractivity contribution in [1.29, 1.82) is 0 Å². The van der Waals surface area contributed by atoms with Gasteiger partial charge in [-0.2, -0.15) is 5.10 Å². The van der Waals surface area contributed by atoms with Crippen molar-refractivity contribution in [3.8, 4) is 0 Å². The summed E-state index contributed by atoms with van der Waals surface area (Å²) < 4.78 is 2.11. The summed E-state index contributed by atoms with van der Waals surface area (Å²) in [7, 11) is 0. The van der Waals surface area contributed by atoms with Gasteiger partial charge in [-0.15, -0.1) is 0 Å². The van der Waals surface area contributed by atoms with Crippen molar-refractivity contribution in [2.24, 2.45) is 0 Å². The van der Waals surface area contributed by atoms with E-state index in [1.165, 1.54) is 44.6 Å². The van der Waals surface area contributed by atoms with E-state index in [-0.39, 0.29) is 0 Å². The minimum absolute atomic E-state index is 0.675. The first-order chi connectivity index (χ1) is 9.22. The fourth-order valence-corrected chi connectivity index (χ4v) is 2.94. The number of piperidine rings is 1. The number of hydrogen-bond donors (Lipinski definition) is 1. The van der Waals surface area contributed by atoms with E-state index < -0.39 is 0 Å². The number of rotatable bonds is 6. The van der Waals surface area contributed by atoms with Gasteiger partial charge in [0.25, 0.3) is 0 Å². The number of nitrogens with one attached hydrogen (secondary N) is 1. The Morgan fingerprint density at radius 2 is 2.05 bits per heavy atom. The molecule has 0 aliphatic carbocycles. The second-order valence-electron chi connectivity index (χ2n) is 5.59. The summed E-state index contributed by atoms with van der Waals surface area (Å²) in [6.45, 7) is 12.1. The van der Waals surface area contributed by atoms with Crippen LogP contribution in [0, 0.1) is 6.92 Å². The van der Waals surface area contributed by atoms with Crippen LogP contribution in [0.2, 0.25) is 0 Å². The summed E-state index contributed by atoms with van der Waals surface area (Å²) in [5, 5.41) is 8.20. The molecule has 2 heterocycles. The maximum Gasteiger partial charge on any atom is 0.0597 e. The zero-order valence-electron chi connectivity index (χ0n) is 12.7. The van der Waals surface area contributed by atoms with Gasteiger partial charge in [-0.25, -0.2) is 0 Å². The molecule has 2 rings (SSSR count). The van der Waals surface area contributed by atoms with Gasteiger partial charge in [0.05, 0.1) is 11.4 Å². The predicted molar refractivity (Wildman–Crippen MR) is 79.2 cm³/mol. The van der Waals surface area contributed by atoms with Gasteiger partial charge in [0, 0.05) is 19.1 Å². The molecule has 1 aromatic rings. The van der Waals surface area contributed by atoms with Gasteiger partial charge >= 0.3 is 0 Å². The quantitative estimate of drug-likeness (QED) is 0.855. The SMILES string of the molecule is CCCN1CCC(NCc2cc(C)nn2CC)CC1. The lowest BCUT2D eigenvalue weighted by Crippen LogP contribution is -2.42. The van der Waals surface area contributed by atoms with E-state index in [9.17, 15) is 0 Å². The summed E-state index contributed by atoms with van der Waals surface area (Å²) >= 11 is 0. The van der Waals surface area contributed by atoms with Crippen molar-refractivity contribution < 1.29 is 0 Å². The van der Waals surface area contributed by atoms with Gasteiger partial charge in [-0.1, -0.05) is 6.92 Å². The lowest BCUT2D eigenvalue weighted by molar-refractivity contribution is 0.197. The average molecular weight is 264 g/mol. The Morgan fingerprint density at radius 3 is 2.68 bits per heavy atom. The highest BCUT2D eigenvalue weighted by Crippen LogP contribution is 2.12. The van der Waals surface area contributed by atoms with Crippen LogP contribution >= 0.6 is 0 Å². The second-order valence-corrected chi connectivity index (χ2v) is 5.59. The van der Waals surface area contributed by atoms with E-state index in [2.05, 4.69) is 46.8 Å². The number of likely N-dealkylation sites (tertiary alicyclic amines) is 1. The van der Waals surface area contributed by atoms with E-state index in [0.717, 1.165) is 18.8 Å². The number of aryl methyl sites for hydroxylation is 2. The van der Waals surface area contributed by atoms with E-state index in [0.29, 0.717) is 6.04 Å². The van der Waals surface area contributed by atoms with Gasteiger partial charge in [0.2, 0.25) is 0 Å². The molecule has 0 spiro atoms. The van der Waals surface area contributed by atoms with Gasteiger partial charge in [-0.05, 0) is 58.8 Å². The summed E-state index contributed by atoms with van der Waals surface area (Å²) in [5.74, 6) is 0. The molecule has 1 saturated heterocycles. The summed E-state index contributed by atoms with van der Waals surface area (Å²) in [5.41, 5.74) is 2.44. The minimum Gasteiger partial charge on any atom is -0.308 e. The highest BCUT2D eigenvalue weighted by atomic mass is 15.3. The molecule has 0 bridgehead atoms. The maximum atomic E-state index is 4.50.